The summed E-state index contributed by atoms with van der Waals surface area (Å²) in [4.78, 5) is 59.1. The maximum absolute atomic E-state index is 12.3. The van der Waals surface area contributed by atoms with E-state index in [2.05, 4.69) is 32.4 Å². The van der Waals surface area contributed by atoms with Crippen LogP contribution < -0.4 is 5.11 Å². The van der Waals surface area contributed by atoms with Gasteiger partial charge in [-0.2, -0.15) is 5.26 Å². The fourth-order valence-electron chi connectivity index (χ4n) is 15.6. The Morgan fingerprint density at radius 1 is 0.462 bits per heavy atom. The Labute approximate surface area is 614 Å². The molecule has 2 aromatic carbocycles. The Balaban J connectivity index is 0.000000153. The highest BCUT2D eigenvalue weighted by Gasteiger charge is 2.67. The predicted octanol–water partition coefficient (Wildman–Crippen LogP) is 0.565. The third-order valence-corrected chi connectivity index (χ3v) is 22.2. The molecule has 0 amide bonds. The molecule has 0 aromatic heterocycles. The molecule has 0 aliphatic carbocycles. The summed E-state index contributed by atoms with van der Waals surface area (Å²) in [5.41, 5.74) is 1.89. The van der Waals surface area contributed by atoms with Gasteiger partial charge in [-0.15, -0.1) is 0 Å². The van der Waals surface area contributed by atoms with Crippen LogP contribution in [-0.4, -0.2) is 264 Å². The van der Waals surface area contributed by atoms with Crippen LogP contribution in [-0.2, 0) is 109 Å². The van der Waals surface area contributed by atoms with Gasteiger partial charge in [0, 0.05) is 67.9 Å². The number of rotatable bonds is 15. The highest BCUT2D eigenvalue weighted by molar-refractivity contribution is 5.80. The SMILES string of the molecule is CC#N.CC[C@@H](O)C1O[C@]2(C(=O)OC)C[C@@H](C)[C@@H](C)C1O2.COC(=O)[C@@]12C[C@@H](C)[C@@H](C)C(O1)C([C@H]1COC(c3ccccc3)O1)O2.COC(=O)[C@@]12C[C@@H](O)[C@@H](C)C(O1)C([C@H](O)CO)O2.COC(=O)[C@@]12C[C@@H](O)[C@@H](C)C(O1)C([C@H]1COC(c3ccccc3)O1)O2.C[C@H]1C2O[C@@](C(=O)[O-])(C[C@H]1O)OC2[C@H](O)CO. The number of hydrogen-bond donors (Lipinski definition) is 8. The number of aliphatic carboxylic acids is 1. The smallest absolute Gasteiger partial charge is 0.366 e. The van der Waals surface area contributed by atoms with Gasteiger partial charge in [0.15, 0.2) is 12.6 Å². The third kappa shape index (κ3) is 16.8. The number of carbonyl (C=O) groups is 5. The number of carboxylic acid groups (broad SMARTS) is 1. The first kappa shape index (κ1) is 84.4. The number of aliphatic hydroxyl groups excluding tert-OH is 8. The van der Waals surface area contributed by atoms with Crippen LogP contribution >= 0.6 is 0 Å². The normalized spacial score (nSPS) is 43.1. The maximum atomic E-state index is 12.3. The Morgan fingerprint density at radius 3 is 1.11 bits per heavy atom. The maximum Gasteiger partial charge on any atom is 0.366 e. The number of aliphatic hydroxyl groups is 8. The summed E-state index contributed by atoms with van der Waals surface area (Å²) in [5, 5.41) is 95.5. The molecule has 12 saturated heterocycles. The number of nitrogens with zero attached hydrogens (tertiary/aromatic N) is 1. The first-order valence-electron chi connectivity index (χ1n) is 35.9. The monoisotopic (exact) mass is 1510 g/mol. The van der Waals surface area contributed by atoms with Gasteiger partial charge >= 0.3 is 23.9 Å². The molecule has 12 unspecified atom stereocenters. The van der Waals surface area contributed by atoms with Gasteiger partial charge < -0.3 is 136 Å². The number of benzene rings is 2. The van der Waals surface area contributed by atoms with Gasteiger partial charge in [0.05, 0.1) is 116 Å². The van der Waals surface area contributed by atoms with E-state index in [-0.39, 0.29) is 79.2 Å². The van der Waals surface area contributed by atoms with Crippen LogP contribution in [0.4, 0.5) is 0 Å². The fourth-order valence-corrected chi connectivity index (χ4v) is 15.6. The minimum atomic E-state index is -2.02. The fraction of sp³-hybridized carbons (Fsp3) is 0.753. The van der Waals surface area contributed by atoms with E-state index in [9.17, 15) is 59.7 Å². The lowest BCUT2D eigenvalue weighted by atomic mass is 9.81. The van der Waals surface area contributed by atoms with Crippen molar-refractivity contribution < 1.29 is 155 Å². The van der Waals surface area contributed by atoms with Crippen molar-refractivity contribution in [2.45, 2.75) is 252 Å². The predicted molar refractivity (Wildman–Crippen MR) is 354 cm³/mol. The van der Waals surface area contributed by atoms with E-state index in [0.717, 1.165) is 11.1 Å². The van der Waals surface area contributed by atoms with Gasteiger partial charge in [-0.3, -0.25) is 0 Å². The van der Waals surface area contributed by atoms with E-state index in [4.69, 9.17) is 96.0 Å². The number of carboxylic acids is 1. The number of esters is 4. The molecule has 32 atom stereocenters. The molecule has 0 saturated carbocycles. The first-order chi connectivity index (χ1) is 50.3. The highest BCUT2D eigenvalue weighted by atomic mass is 16.8. The van der Waals surface area contributed by atoms with Crippen LogP contribution in [0, 0.1) is 52.8 Å². The molecule has 106 heavy (non-hydrogen) atoms. The molecule has 0 spiro atoms. The summed E-state index contributed by atoms with van der Waals surface area (Å²) in [7, 11) is 5.15. The van der Waals surface area contributed by atoms with Crippen LogP contribution in [0.15, 0.2) is 60.7 Å². The summed E-state index contributed by atoms with van der Waals surface area (Å²) < 4.78 is 99.9. The Kier molecular flexibility index (Phi) is 28.0. The van der Waals surface area contributed by atoms with Gasteiger partial charge in [0.1, 0.15) is 60.9 Å². The van der Waals surface area contributed by atoms with Crippen molar-refractivity contribution in [3.8, 4) is 6.07 Å². The van der Waals surface area contributed by atoms with Gasteiger partial charge in [0.25, 0.3) is 23.1 Å². The quantitative estimate of drug-likeness (QED) is 0.0892. The van der Waals surface area contributed by atoms with Crippen molar-refractivity contribution in [3.05, 3.63) is 71.8 Å². The summed E-state index contributed by atoms with van der Waals surface area (Å²) in [6.07, 6.45) is -11.3. The molecule has 12 aliphatic heterocycles. The van der Waals surface area contributed by atoms with Crippen molar-refractivity contribution in [2.75, 3.05) is 54.9 Å². The Bertz CT molecular complexity index is 3120. The molecule has 14 rings (SSSR count). The lowest BCUT2D eigenvalue weighted by molar-refractivity contribution is -0.355. The second kappa shape index (κ2) is 35.2. The molecule has 12 heterocycles. The first-order valence-corrected chi connectivity index (χ1v) is 35.9. The van der Waals surface area contributed by atoms with E-state index in [1.54, 1.807) is 19.9 Å². The zero-order valence-electron chi connectivity index (χ0n) is 61.8. The topological polar surface area (TPSA) is 460 Å². The van der Waals surface area contributed by atoms with Crippen LogP contribution in [0.5, 0.6) is 0 Å². The van der Waals surface area contributed by atoms with Gasteiger partial charge in [-0.25, -0.2) is 19.2 Å². The van der Waals surface area contributed by atoms with Gasteiger partial charge in [0.2, 0.25) is 5.79 Å². The molecule has 12 aliphatic rings. The molecular formula is C73H104NO32-. The van der Waals surface area contributed by atoms with Crippen molar-refractivity contribution in [3.63, 3.8) is 0 Å². The molecule has 8 N–H and O–H groups in total. The minimum Gasteiger partial charge on any atom is -0.544 e. The average molecular weight is 1510 g/mol. The van der Waals surface area contributed by atoms with Crippen molar-refractivity contribution in [2.24, 2.45) is 41.4 Å². The van der Waals surface area contributed by atoms with E-state index in [1.807, 2.05) is 74.5 Å². The Morgan fingerprint density at radius 2 is 0.745 bits per heavy atom. The van der Waals surface area contributed by atoms with E-state index < -0.39 is 176 Å². The molecule has 594 valence electrons. The van der Waals surface area contributed by atoms with Crippen molar-refractivity contribution >= 4 is 29.8 Å². The van der Waals surface area contributed by atoms with E-state index in [0.29, 0.717) is 32.5 Å². The second-order valence-electron chi connectivity index (χ2n) is 29.0. The molecule has 2 aromatic rings. The van der Waals surface area contributed by atoms with Crippen LogP contribution in [0.2, 0.25) is 0 Å². The number of carbonyl (C=O) groups excluding carboxylic acids is 5. The number of fused-ring (bicyclic) bond motifs is 10. The van der Waals surface area contributed by atoms with Gasteiger partial charge in [-0.1, -0.05) is 116 Å². The number of nitriles is 1. The molecule has 33 heteroatoms. The second-order valence-corrected chi connectivity index (χ2v) is 29.0. The molecule has 12 fully saturated rings. The number of methoxy groups -OCH3 is 4. The van der Waals surface area contributed by atoms with Gasteiger partial charge in [-0.05, 0) is 30.1 Å². The zero-order valence-corrected chi connectivity index (χ0v) is 61.8. The minimum absolute atomic E-state index is 0.0452. The largest absolute Gasteiger partial charge is 0.544 e. The van der Waals surface area contributed by atoms with Crippen LogP contribution in [0.1, 0.15) is 125 Å². The standard InChI is InChI=1S/C19H24O6.C18H22O7.C13H22O5.C11H18O7.C10H16O7.C2H3N/c1-11-9-19(18(20)21-3)24-15(12(11)2)16(25-19)14-10-22-17(23-14)13-7-5-4-6-8-13;1-10-12(19)8-18(17(20)21-2)24-14(10)15(25-18)13-9-22-16(23-13)11-6-4-3-5-7-11;1-5-9(14)11-10-8(3)7(2)6-13(17-10,18-11)12(15)16-4;1-5-6(13)3-11(10(15)16-2)17-8(5)9(18-11)7(14)4-12;1-4-5(12)2-10(9(14)15)16-7(4)8(17-10)6(13)3-11;1-2-3/h4-8,11-12,14-17H,9-10H2,1-3H3;3-7,10,12-16,19H,8-9H2,1-2H3;7-11,14H,5-6H2,1-4H3;5-9,12-14H,3-4H2,1-2H3;4-8,11-13H,2-3H2,1H3,(H,14,15);1H3/p-1/t11-,12-,14-,15?,16?,17?,19+;10-,12-,13-,14?,15?,16?,18+;7-,8-,9-,10?,11?,13+;5-,6-,7-,8?,9?,11+;4-,5-,6-,7?,8?,10+;/m11111./s1. The molecule has 10 bridgehead atoms. The number of ether oxygens (including phenoxy) is 18. The van der Waals surface area contributed by atoms with Crippen molar-refractivity contribution in [1.82, 2.24) is 0 Å². The summed E-state index contributed by atoms with van der Waals surface area (Å²) in [5.74, 6) is -11.6. The number of hydrogen-bond acceptors (Lipinski definition) is 33. The molecular weight excluding hydrogens is 1400 g/mol. The van der Waals surface area contributed by atoms with Crippen LogP contribution in [0.25, 0.3) is 0 Å². The van der Waals surface area contributed by atoms with Crippen molar-refractivity contribution in [1.29, 1.82) is 5.26 Å². The summed E-state index contributed by atoms with van der Waals surface area (Å²) >= 11 is 0. The average Bonchev–Trinajstić information content (AvgIpc) is 1.60. The summed E-state index contributed by atoms with van der Waals surface area (Å²) in [6, 6.07) is 21.2. The lowest BCUT2D eigenvalue weighted by Crippen LogP contribution is -2.55. The van der Waals surface area contributed by atoms with E-state index >= 15 is 0 Å². The third-order valence-electron chi connectivity index (χ3n) is 22.2. The van der Waals surface area contributed by atoms with Crippen LogP contribution in [0.3, 0.4) is 0 Å². The summed E-state index contributed by atoms with van der Waals surface area (Å²) in [6.45, 7) is 16.6. The zero-order chi connectivity index (χ0) is 77.7. The van der Waals surface area contributed by atoms with E-state index in [1.165, 1.54) is 35.4 Å². The molecule has 33 nitrogen and oxygen atoms in total. The molecule has 0 radical (unpaired) electrons. The highest BCUT2D eigenvalue weighted by Crippen LogP contribution is 2.52. The lowest BCUT2D eigenvalue weighted by Gasteiger charge is -2.38. The Hall–Kier alpha value is -5.60.